The first kappa shape index (κ1) is 23.5. The molecule has 2 aromatic rings. The highest BCUT2D eigenvalue weighted by atomic mass is 16.5. The van der Waals surface area contributed by atoms with Crippen LogP contribution in [0.4, 0.5) is 0 Å². The first-order chi connectivity index (χ1) is 14.5. The first-order valence-electron chi connectivity index (χ1n) is 10.1. The van der Waals surface area contributed by atoms with Crippen molar-refractivity contribution in [1.82, 2.24) is 10.3 Å². The number of rotatable bonds is 11. The molecule has 7 nitrogen and oxygen atoms in total. The zero-order valence-corrected chi connectivity index (χ0v) is 17.4. The van der Waals surface area contributed by atoms with E-state index in [2.05, 4.69) is 10.3 Å². The second-order valence-electron chi connectivity index (χ2n) is 7.16. The Labute approximate surface area is 177 Å². The molecule has 0 bridgehead atoms. The zero-order valence-electron chi connectivity index (χ0n) is 17.4. The predicted octanol–water partition coefficient (Wildman–Crippen LogP) is 2.60. The lowest BCUT2D eigenvalue weighted by molar-refractivity contribution is -0.130. The van der Waals surface area contributed by atoms with Crippen LogP contribution in [-0.2, 0) is 9.53 Å². The highest BCUT2D eigenvalue weighted by Crippen LogP contribution is 2.27. The number of ether oxygens (including phenoxy) is 1. The monoisotopic (exact) mass is 411 g/mol. The fourth-order valence-electron chi connectivity index (χ4n) is 3.16. The number of hydrogen-bond acceptors (Lipinski definition) is 6. The van der Waals surface area contributed by atoms with Crippen LogP contribution in [0.2, 0.25) is 0 Å². The summed E-state index contributed by atoms with van der Waals surface area (Å²) in [6, 6.07) is 16.7. The molecule has 1 aromatic carbocycles. The van der Waals surface area contributed by atoms with E-state index >= 15 is 0 Å². The van der Waals surface area contributed by atoms with Gasteiger partial charge in [-0.15, -0.1) is 0 Å². The molecule has 7 heteroatoms. The molecule has 0 aliphatic heterocycles. The molecule has 30 heavy (non-hydrogen) atoms. The van der Waals surface area contributed by atoms with Gasteiger partial charge in [-0.1, -0.05) is 49.7 Å². The third kappa shape index (κ3) is 6.63. The van der Waals surface area contributed by atoms with Crippen LogP contribution in [0.25, 0.3) is 0 Å². The van der Waals surface area contributed by atoms with E-state index in [1.807, 2.05) is 43.3 Å². The largest absolute Gasteiger partial charge is 0.394 e. The summed E-state index contributed by atoms with van der Waals surface area (Å²) in [7, 11) is 0. The van der Waals surface area contributed by atoms with Crippen LogP contribution >= 0.6 is 0 Å². The van der Waals surface area contributed by atoms with Crippen LogP contribution in [0.3, 0.4) is 0 Å². The van der Waals surface area contributed by atoms with E-state index in [-0.39, 0.29) is 12.6 Å². The van der Waals surface area contributed by atoms with E-state index in [4.69, 9.17) is 9.84 Å². The number of hydrogen-bond donors (Lipinski definition) is 3. The molecule has 1 amide bonds. The predicted molar refractivity (Wildman–Crippen MR) is 112 cm³/mol. The molecule has 4 unspecified atom stereocenters. The number of nitrogens with zero attached hydrogens (tertiary/aromatic N) is 2. The molecule has 2 rings (SSSR count). The van der Waals surface area contributed by atoms with E-state index in [1.54, 1.807) is 25.1 Å². The Morgan fingerprint density at radius 2 is 1.97 bits per heavy atom. The minimum atomic E-state index is -1.17. The average molecular weight is 412 g/mol. The standard InChI is InChI=1S/C23H29N3O4/c1-3-8-20(17-10-5-4-6-11-17)26-23(29)19(13-24)22(30-15-18(28)14-27)21-12-7-9-16(2)25-21/h4-7,9-12,18-20,22,27-28H,3,8,14-15H2,1-2H3,(H,26,29). The minimum Gasteiger partial charge on any atom is -0.394 e. The zero-order chi connectivity index (χ0) is 21.9. The van der Waals surface area contributed by atoms with Gasteiger partial charge in [0, 0.05) is 5.69 Å². The number of aromatic nitrogens is 1. The number of nitrogens with one attached hydrogen (secondary N) is 1. The third-order valence-corrected chi connectivity index (χ3v) is 4.70. The highest BCUT2D eigenvalue weighted by Gasteiger charge is 2.33. The Morgan fingerprint density at radius 3 is 2.57 bits per heavy atom. The number of pyridine rings is 1. The molecule has 1 aromatic heterocycles. The molecule has 3 N–H and O–H groups in total. The van der Waals surface area contributed by atoms with Gasteiger partial charge in [-0.05, 0) is 31.0 Å². The number of amides is 1. The van der Waals surface area contributed by atoms with E-state index in [0.29, 0.717) is 11.4 Å². The summed E-state index contributed by atoms with van der Waals surface area (Å²) in [6.07, 6.45) is -0.504. The lowest BCUT2D eigenvalue weighted by Crippen LogP contribution is -2.38. The maximum atomic E-state index is 13.1. The van der Waals surface area contributed by atoms with Crippen molar-refractivity contribution in [3.05, 3.63) is 65.5 Å². The Bertz CT molecular complexity index is 838. The summed E-state index contributed by atoms with van der Waals surface area (Å²) >= 11 is 0. The molecule has 0 aliphatic rings. The van der Waals surface area contributed by atoms with Crippen molar-refractivity contribution >= 4 is 5.91 Å². The van der Waals surface area contributed by atoms with Gasteiger partial charge in [0.05, 0.1) is 31.0 Å². The van der Waals surface area contributed by atoms with Crippen LogP contribution in [0.15, 0.2) is 48.5 Å². The Morgan fingerprint density at radius 1 is 1.23 bits per heavy atom. The summed E-state index contributed by atoms with van der Waals surface area (Å²) in [5.41, 5.74) is 2.11. The van der Waals surface area contributed by atoms with Gasteiger partial charge in [-0.3, -0.25) is 9.78 Å². The number of carbonyl (C=O) groups is 1. The first-order valence-corrected chi connectivity index (χ1v) is 10.1. The molecule has 0 fully saturated rings. The highest BCUT2D eigenvalue weighted by molar-refractivity contribution is 5.82. The smallest absolute Gasteiger partial charge is 0.240 e. The summed E-state index contributed by atoms with van der Waals surface area (Å²) in [4.78, 5) is 17.5. The van der Waals surface area contributed by atoms with Crippen molar-refractivity contribution in [3.63, 3.8) is 0 Å². The normalized spacial score (nSPS) is 14.9. The Hall–Kier alpha value is -2.79. The topological polar surface area (TPSA) is 115 Å². The van der Waals surface area contributed by atoms with E-state index < -0.39 is 30.6 Å². The number of nitriles is 1. The minimum absolute atomic E-state index is 0.223. The quantitative estimate of drug-likeness (QED) is 0.523. The van der Waals surface area contributed by atoms with Gasteiger partial charge in [-0.25, -0.2) is 0 Å². The molecule has 160 valence electrons. The van der Waals surface area contributed by atoms with Crippen molar-refractivity contribution < 1.29 is 19.7 Å². The number of carbonyl (C=O) groups excluding carboxylic acids is 1. The Balaban J connectivity index is 2.27. The molecule has 0 saturated carbocycles. The van der Waals surface area contributed by atoms with Gasteiger partial charge in [0.25, 0.3) is 0 Å². The van der Waals surface area contributed by atoms with E-state index in [1.165, 1.54) is 0 Å². The van der Waals surface area contributed by atoms with Gasteiger partial charge >= 0.3 is 0 Å². The SMILES string of the molecule is CCCC(NC(=O)C(C#N)C(OCC(O)CO)c1cccc(C)n1)c1ccccc1. The maximum Gasteiger partial charge on any atom is 0.240 e. The Kier molecular flexibility index (Phi) is 9.42. The number of aliphatic hydroxyl groups is 2. The van der Waals surface area contributed by atoms with Gasteiger partial charge in [0.15, 0.2) is 5.92 Å². The summed E-state index contributed by atoms with van der Waals surface area (Å²) in [5, 5.41) is 31.5. The molecule has 0 spiro atoms. The van der Waals surface area contributed by atoms with E-state index in [0.717, 1.165) is 18.4 Å². The van der Waals surface area contributed by atoms with Crippen LogP contribution in [0, 0.1) is 24.2 Å². The molecular formula is C23H29N3O4. The van der Waals surface area contributed by atoms with Gasteiger partial charge in [0.1, 0.15) is 12.2 Å². The molecule has 0 radical (unpaired) electrons. The van der Waals surface area contributed by atoms with Crippen LogP contribution in [0.1, 0.15) is 48.9 Å². The third-order valence-electron chi connectivity index (χ3n) is 4.70. The number of aryl methyl sites for hydroxylation is 1. The van der Waals surface area contributed by atoms with Crippen molar-refractivity contribution in [2.75, 3.05) is 13.2 Å². The van der Waals surface area contributed by atoms with Gasteiger partial charge in [-0.2, -0.15) is 5.26 Å². The molecular weight excluding hydrogens is 382 g/mol. The summed E-state index contributed by atoms with van der Waals surface area (Å²) in [6.45, 7) is 3.13. The second-order valence-corrected chi connectivity index (χ2v) is 7.16. The molecule has 0 saturated heterocycles. The maximum absolute atomic E-state index is 13.1. The number of aliphatic hydroxyl groups excluding tert-OH is 2. The van der Waals surface area contributed by atoms with Gasteiger partial charge < -0.3 is 20.3 Å². The lowest BCUT2D eigenvalue weighted by Gasteiger charge is -2.25. The fourth-order valence-corrected chi connectivity index (χ4v) is 3.16. The van der Waals surface area contributed by atoms with E-state index in [9.17, 15) is 15.2 Å². The fraction of sp³-hybridized carbons (Fsp3) is 0.435. The summed E-state index contributed by atoms with van der Waals surface area (Å²) in [5.74, 6) is -1.64. The van der Waals surface area contributed by atoms with Gasteiger partial charge in [0.2, 0.25) is 5.91 Å². The van der Waals surface area contributed by atoms with Crippen LogP contribution < -0.4 is 5.32 Å². The molecule has 1 heterocycles. The second kappa shape index (κ2) is 12.0. The number of benzene rings is 1. The van der Waals surface area contributed by atoms with Crippen LogP contribution in [-0.4, -0.2) is 40.4 Å². The van der Waals surface area contributed by atoms with Crippen molar-refractivity contribution in [2.45, 2.75) is 44.9 Å². The van der Waals surface area contributed by atoms with Crippen molar-refractivity contribution in [2.24, 2.45) is 5.92 Å². The van der Waals surface area contributed by atoms with Crippen molar-refractivity contribution in [3.8, 4) is 6.07 Å². The average Bonchev–Trinajstić information content (AvgIpc) is 2.76. The summed E-state index contributed by atoms with van der Waals surface area (Å²) < 4.78 is 5.70. The molecule has 0 aliphatic carbocycles. The van der Waals surface area contributed by atoms with Crippen molar-refractivity contribution in [1.29, 1.82) is 5.26 Å². The lowest BCUT2D eigenvalue weighted by atomic mass is 9.96. The molecule has 4 atom stereocenters. The van der Waals surface area contributed by atoms with Crippen LogP contribution in [0.5, 0.6) is 0 Å².